The van der Waals surface area contributed by atoms with Crippen LogP contribution in [-0.4, -0.2) is 45.6 Å². The Labute approximate surface area is 170 Å². The molecule has 0 saturated carbocycles. The van der Waals surface area contributed by atoms with Gasteiger partial charge in [0, 0.05) is 41.8 Å². The van der Waals surface area contributed by atoms with E-state index in [0.717, 1.165) is 16.5 Å². The van der Waals surface area contributed by atoms with Crippen LogP contribution < -0.4 is 9.46 Å². The van der Waals surface area contributed by atoms with E-state index in [9.17, 15) is 8.42 Å². The monoisotopic (exact) mass is 421 g/mol. The molecule has 1 heterocycles. The minimum absolute atomic E-state index is 0.0259. The topological polar surface area (TPSA) is 63.6 Å². The van der Waals surface area contributed by atoms with Gasteiger partial charge in [-0.15, -0.1) is 0 Å². The van der Waals surface area contributed by atoms with E-state index in [1.54, 1.807) is 12.1 Å². The number of hydrogen-bond acceptors (Lipinski definition) is 4. The Kier molecular flexibility index (Phi) is 6.00. The number of nitrogens with one attached hydrogen (secondary N) is 1. The van der Waals surface area contributed by atoms with Gasteiger partial charge < -0.3 is 14.2 Å². The summed E-state index contributed by atoms with van der Waals surface area (Å²) in [5, 5.41) is 1.43. The molecule has 0 spiro atoms. The highest BCUT2D eigenvalue weighted by atomic mass is 35.5. The third-order valence-electron chi connectivity index (χ3n) is 4.79. The fourth-order valence-electron chi connectivity index (χ4n) is 3.34. The molecule has 0 amide bonds. The molecule has 8 heteroatoms. The van der Waals surface area contributed by atoms with E-state index < -0.39 is 10.0 Å². The summed E-state index contributed by atoms with van der Waals surface area (Å²) in [5.41, 5.74) is 2.16. The quantitative estimate of drug-likeness (QED) is 0.634. The first-order chi connectivity index (χ1) is 13.2. The molecule has 0 aliphatic carbocycles. The fourth-order valence-corrected chi connectivity index (χ4v) is 4.80. The second-order valence-electron chi connectivity index (χ2n) is 6.84. The third-order valence-corrected chi connectivity index (χ3v) is 6.47. The van der Waals surface area contributed by atoms with Crippen molar-refractivity contribution in [2.24, 2.45) is 7.05 Å². The lowest BCUT2D eigenvalue weighted by molar-refractivity contribution is 0.300. The zero-order valence-corrected chi connectivity index (χ0v) is 17.9. The molecule has 3 aromatic rings. The lowest BCUT2D eigenvalue weighted by atomic mass is 10.1. The maximum Gasteiger partial charge on any atom is 0.244 e. The van der Waals surface area contributed by atoms with E-state index in [4.69, 9.17) is 16.3 Å². The molecule has 2 aromatic carbocycles. The van der Waals surface area contributed by atoms with Crippen LogP contribution in [0.25, 0.3) is 10.9 Å². The van der Waals surface area contributed by atoms with E-state index >= 15 is 0 Å². The van der Waals surface area contributed by atoms with Gasteiger partial charge in [-0.05, 0) is 43.9 Å². The van der Waals surface area contributed by atoms with Crippen LogP contribution >= 0.6 is 11.6 Å². The summed E-state index contributed by atoms with van der Waals surface area (Å²) < 4.78 is 35.8. The summed E-state index contributed by atoms with van der Waals surface area (Å²) in [4.78, 5) is 2.03. The lowest BCUT2D eigenvalue weighted by Crippen LogP contribution is -2.34. The molecule has 0 bridgehead atoms. The van der Waals surface area contributed by atoms with Gasteiger partial charge in [-0.3, -0.25) is 0 Å². The van der Waals surface area contributed by atoms with Crippen LogP contribution in [0.2, 0.25) is 5.02 Å². The maximum absolute atomic E-state index is 12.9. The van der Waals surface area contributed by atoms with Gasteiger partial charge in [0.2, 0.25) is 10.0 Å². The number of aromatic nitrogens is 1. The molecule has 6 nitrogen and oxygen atoms in total. The molecule has 1 N–H and O–H groups in total. The SMILES string of the molecule is COc1ccc(Cl)cc1S(=O)(=O)NCC(c1cn(C)c2ccccc12)N(C)C. The lowest BCUT2D eigenvalue weighted by Gasteiger charge is -2.24. The van der Waals surface area contributed by atoms with Crippen LogP contribution in [-0.2, 0) is 17.1 Å². The zero-order chi connectivity index (χ0) is 20.5. The van der Waals surface area contributed by atoms with Crippen molar-refractivity contribution < 1.29 is 13.2 Å². The average molecular weight is 422 g/mol. The first-order valence-electron chi connectivity index (χ1n) is 8.78. The number of rotatable bonds is 7. The number of benzene rings is 2. The van der Waals surface area contributed by atoms with Crippen molar-refractivity contribution in [1.82, 2.24) is 14.2 Å². The Balaban J connectivity index is 1.93. The summed E-state index contributed by atoms with van der Waals surface area (Å²) in [6.07, 6.45) is 2.05. The van der Waals surface area contributed by atoms with Crippen molar-refractivity contribution in [3.8, 4) is 5.75 Å². The molecule has 150 valence electrons. The van der Waals surface area contributed by atoms with E-state index in [1.807, 2.05) is 50.4 Å². The minimum atomic E-state index is -3.80. The van der Waals surface area contributed by atoms with Gasteiger partial charge in [0.1, 0.15) is 10.6 Å². The normalized spacial score (nSPS) is 13.2. The smallest absolute Gasteiger partial charge is 0.244 e. The van der Waals surface area contributed by atoms with Crippen LogP contribution in [0.4, 0.5) is 0 Å². The van der Waals surface area contributed by atoms with Crippen molar-refractivity contribution in [3.63, 3.8) is 0 Å². The second kappa shape index (κ2) is 8.13. The number of nitrogens with zero attached hydrogens (tertiary/aromatic N) is 2. The summed E-state index contributed by atoms with van der Waals surface area (Å²) in [6.45, 7) is 0.207. The first kappa shape index (κ1) is 20.7. The van der Waals surface area contributed by atoms with E-state index in [1.165, 1.54) is 13.2 Å². The van der Waals surface area contributed by atoms with E-state index in [2.05, 4.69) is 15.4 Å². The van der Waals surface area contributed by atoms with Gasteiger partial charge in [0.15, 0.2) is 0 Å². The van der Waals surface area contributed by atoms with Crippen LogP contribution in [0.15, 0.2) is 53.6 Å². The van der Waals surface area contributed by atoms with Crippen LogP contribution in [0.3, 0.4) is 0 Å². The van der Waals surface area contributed by atoms with Crippen molar-refractivity contribution in [2.75, 3.05) is 27.7 Å². The van der Waals surface area contributed by atoms with Crippen molar-refractivity contribution in [1.29, 1.82) is 0 Å². The highest BCUT2D eigenvalue weighted by Crippen LogP contribution is 2.30. The molecule has 1 atom stereocenters. The molecular formula is C20H24ClN3O3S. The number of sulfonamides is 1. The van der Waals surface area contributed by atoms with Gasteiger partial charge in [0.25, 0.3) is 0 Å². The summed E-state index contributed by atoms with van der Waals surface area (Å²) >= 11 is 6.00. The van der Waals surface area contributed by atoms with E-state index in [-0.39, 0.29) is 23.2 Å². The molecule has 1 unspecified atom stereocenters. The number of ether oxygens (including phenoxy) is 1. The van der Waals surface area contributed by atoms with Gasteiger partial charge in [-0.2, -0.15) is 0 Å². The standard InChI is InChI=1S/C20H24ClN3O3S/c1-23(2)18(16-13-24(3)17-8-6-5-7-15(16)17)12-22-28(25,26)20-11-14(21)9-10-19(20)27-4/h5-11,13,18,22H,12H2,1-4H3. The van der Waals surface area contributed by atoms with Gasteiger partial charge >= 0.3 is 0 Å². The average Bonchev–Trinajstić information content (AvgIpc) is 2.98. The number of para-hydroxylation sites is 1. The van der Waals surface area contributed by atoms with Gasteiger partial charge in [0.05, 0.1) is 7.11 Å². The minimum Gasteiger partial charge on any atom is -0.495 e. The van der Waals surface area contributed by atoms with E-state index in [0.29, 0.717) is 5.02 Å². The third kappa shape index (κ3) is 4.03. The fraction of sp³-hybridized carbons (Fsp3) is 0.300. The summed E-state index contributed by atoms with van der Waals surface area (Å²) in [5.74, 6) is 0.253. The zero-order valence-electron chi connectivity index (χ0n) is 16.3. The summed E-state index contributed by atoms with van der Waals surface area (Å²) in [6, 6.07) is 12.5. The van der Waals surface area contributed by atoms with Crippen molar-refractivity contribution in [3.05, 3.63) is 59.2 Å². The van der Waals surface area contributed by atoms with Crippen molar-refractivity contribution >= 4 is 32.5 Å². The van der Waals surface area contributed by atoms with Crippen LogP contribution in [0.1, 0.15) is 11.6 Å². The predicted octanol–water partition coefficient (Wildman–Crippen LogP) is 3.42. The Morgan fingerprint density at radius 2 is 1.93 bits per heavy atom. The Hall–Kier alpha value is -2.06. The number of likely N-dealkylation sites (N-methyl/N-ethyl adjacent to an activating group) is 1. The number of aryl methyl sites for hydroxylation is 1. The number of halogens is 1. The van der Waals surface area contributed by atoms with Crippen LogP contribution in [0, 0.1) is 0 Å². The predicted molar refractivity (Wildman–Crippen MR) is 113 cm³/mol. The molecule has 0 fully saturated rings. The van der Waals surface area contributed by atoms with Crippen molar-refractivity contribution in [2.45, 2.75) is 10.9 Å². The number of methoxy groups -OCH3 is 1. The molecule has 0 aliphatic heterocycles. The molecule has 1 aromatic heterocycles. The molecule has 0 aliphatic rings. The van der Waals surface area contributed by atoms with Crippen LogP contribution in [0.5, 0.6) is 5.75 Å². The molecule has 3 rings (SSSR count). The largest absolute Gasteiger partial charge is 0.495 e. The Bertz CT molecular complexity index is 1090. The summed E-state index contributed by atoms with van der Waals surface area (Å²) in [7, 11) is 3.48. The molecular weight excluding hydrogens is 398 g/mol. The number of fused-ring (bicyclic) bond motifs is 1. The molecule has 0 saturated heterocycles. The van der Waals surface area contributed by atoms with Gasteiger partial charge in [-0.1, -0.05) is 29.8 Å². The molecule has 0 radical (unpaired) electrons. The second-order valence-corrected chi connectivity index (χ2v) is 9.01. The Morgan fingerprint density at radius 3 is 2.61 bits per heavy atom. The van der Waals surface area contributed by atoms with Gasteiger partial charge in [-0.25, -0.2) is 13.1 Å². The highest BCUT2D eigenvalue weighted by molar-refractivity contribution is 7.89. The Morgan fingerprint density at radius 1 is 1.21 bits per heavy atom. The first-order valence-corrected chi connectivity index (χ1v) is 10.6. The molecule has 28 heavy (non-hydrogen) atoms. The highest BCUT2D eigenvalue weighted by Gasteiger charge is 2.25. The maximum atomic E-state index is 12.9. The number of hydrogen-bond donors (Lipinski definition) is 1.